The summed E-state index contributed by atoms with van der Waals surface area (Å²) in [6.07, 6.45) is 0. The summed E-state index contributed by atoms with van der Waals surface area (Å²) in [6.45, 7) is 0.598. The predicted octanol–water partition coefficient (Wildman–Crippen LogP) is 4.72. The van der Waals surface area contributed by atoms with Gasteiger partial charge < -0.3 is 9.47 Å². The van der Waals surface area contributed by atoms with Gasteiger partial charge in [-0.3, -0.25) is 0 Å². The third-order valence-electron chi connectivity index (χ3n) is 4.01. The van der Waals surface area contributed by atoms with Crippen LogP contribution in [0.15, 0.2) is 60.7 Å². The van der Waals surface area contributed by atoms with Crippen LogP contribution in [-0.2, 0) is 6.61 Å². The van der Waals surface area contributed by atoms with Crippen molar-refractivity contribution < 1.29 is 9.47 Å². The lowest BCUT2D eigenvalue weighted by Crippen LogP contribution is -2.06. The molecule has 1 heterocycles. The summed E-state index contributed by atoms with van der Waals surface area (Å²) in [6, 6.07) is 23.5. The van der Waals surface area contributed by atoms with E-state index in [-0.39, 0.29) is 0 Å². The second kappa shape index (κ2) is 5.23. The number of hydrogen-bond donors (Lipinski definition) is 0. The first-order valence-electron chi connectivity index (χ1n) is 7.26. The topological polar surface area (TPSA) is 18.5 Å². The molecule has 2 nitrogen and oxygen atoms in total. The van der Waals surface area contributed by atoms with Crippen LogP contribution in [0.5, 0.6) is 11.5 Å². The molecule has 0 fully saturated rings. The van der Waals surface area contributed by atoms with Gasteiger partial charge in [0.05, 0.1) is 7.11 Å². The SMILES string of the molecule is COc1cccc(-c2cccc3c2-c2cc[c]cc2CO3)c1. The highest BCUT2D eigenvalue weighted by Crippen LogP contribution is 2.44. The van der Waals surface area contributed by atoms with Crippen molar-refractivity contribution in [3.8, 4) is 33.8 Å². The third kappa shape index (κ3) is 2.04. The van der Waals surface area contributed by atoms with Crippen LogP contribution in [0.2, 0.25) is 0 Å². The van der Waals surface area contributed by atoms with Crippen LogP contribution in [0.3, 0.4) is 0 Å². The molecule has 0 N–H and O–H groups in total. The van der Waals surface area contributed by atoms with Crippen LogP contribution in [0, 0.1) is 6.07 Å². The van der Waals surface area contributed by atoms with Crippen molar-refractivity contribution in [1.82, 2.24) is 0 Å². The average molecular weight is 287 g/mol. The monoisotopic (exact) mass is 287 g/mol. The summed E-state index contributed by atoms with van der Waals surface area (Å²) in [5, 5.41) is 0. The van der Waals surface area contributed by atoms with Crippen molar-refractivity contribution in [3.05, 3.63) is 72.3 Å². The summed E-state index contributed by atoms with van der Waals surface area (Å²) in [4.78, 5) is 0. The Morgan fingerprint density at radius 1 is 1.05 bits per heavy atom. The highest BCUT2D eigenvalue weighted by atomic mass is 16.5. The van der Waals surface area contributed by atoms with E-state index in [0.29, 0.717) is 6.61 Å². The fourth-order valence-corrected chi connectivity index (χ4v) is 2.94. The first-order chi connectivity index (χ1) is 10.9. The van der Waals surface area contributed by atoms with Crippen molar-refractivity contribution in [2.75, 3.05) is 7.11 Å². The van der Waals surface area contributed by atoms with E-state index in [0.717, 1.165) is 28.2 Å². The molecule has 107 valence electrons. The first-order valence-corrected chi connectivity index (χ1v) is 7.26. The van der Waals surface area contributed by atoms with Crippen LogP contribution in [0.25, 0.3) is 22.3 Å². The van der Waals surface area contributed by atoms with Gasteiger partial charge in [0.2, 0.25) is 0 Å². The van der Waals surface area contributed by atoms with E-state index in [2.05, 4.69) is 30.3 Å². The highest BCUT2D eigenvalue weighted by molar-refractivity contribution is 5.89. The summed E-state index contributed by atoms with van der Waals surface area (Å²) in [5.41, 5.74) is 5.82. The molecule has 0 aromatic heterocycles. The molecule has 3 aromatic rings. The minimum Gasteiger partial charge on any atom is -0.497 e. The zero-order chi connectivity index (χ0) is 14.9. The summed E-state index contributed by atoms with van der Waals surface area (Å²) >= 11 is 0. The maximum Gasteiger partial charge on any atom is 0.128 e. The molecule has 3 aromatic carbocycles. The van der Waals surface area contributed by atoms with Crippen LogP contribution >= 0.6 is 0 Å². The van der Waals surface area contributed by atoms with Gasteiger partial charge >= 0.3 is 0 Å². The fraction of sp³-hybridized carbons (Fsp3) is 0.100. The van der Waals surface area contributed by atoms with Gasteiger partial charge in [0, 0.05) is 5.56 Å². The van der Waals surface area contributed by atoms with Crippen molar-refractivity contribution in [3.63, 3.8) is 0 Å². The number of fused-ring (bicyclic) bond motifs is 3. The lowest BCUT2D eigenvalue weighted by atomic mass is 9.90. The molecule has 0 bridgehead atoms. The molecule has 0 saturated carbocycles. The molecule has 1 radical (unpaired) electrons. The third-order valence-corrected chi connectivity index (χ3v) is 4.01. The Kier molecular flexibility index (Phi) is 3.08. The van der Waals surface area contributed by atoms with Crippen molar-refractivity contribution in [2.24, 2.45) is 0 Å². The van der Waals surface area contributed by atoms with E-state index >= 15 is 0 Å². The zero-order valence-corrected chi connectivity index (χ0v) is 12.3. The van der Waals surface area contributed by atoms with Crippen LogP contribution in [0.4, 0.5) is 0 Å². The number of rotatable bonds is 2. The number of benzene rings is 3. The zero-order valence-electron chi connectivity index (χ0n) is 12.3. The first kappa shape index (κ1) is 13.0. The molecule has 0 aliphatic carbocycles. The Bertz CT molecular complexity index is 837. The Morgan fingerprint density at radius 3 is 2.86 bits per heavy atom. The Hall–Kier alpha value is -2.74. The van der Waals surface area contributed by atoms with Gasteiger partial charge in [-0.2, -0.15) is 0 Å². The van der Waals surface area contributed by atoms with E-state index in [4.69, 9.17) is 9.47 Å². The van der Waals surface area contributed by atoms with Gasteiger partial charge in [0.25, 0.3) is 0 Å². The van der Waals surface area contributed by atoms with Crippen molar-refractivity contribution in [2.45, 2.75) is 6.61 Å². The largest absolute Gasteiger partial charge is 0.497 e. The van der Waals surface area contributed by atoms with Crippen LogP contribution in [0.1, 0.15) is 5.56 Å². The van der Waals surface area contributed by atoms with Gasteiger partial charge in [-0.25, -0.2) is 0 Å². The fourth-order valence-electron chi connectivity index (χ4n) is 2.94. The van der Waals surface area contributed by atoms with Gasteiger partial charge in [0.1, 0.15) is 18.1 Å². The maximum atomic E-state index is 5.92. The van der Waals surface area contributed by atoms with Crippen molar-refractivity contribution >= 4 is 0 Å². The maximum absolute atomic E-state index is 5.92. The number of methoxy groups -OCH3 is 1. The Balaban J connectivity index is 1.96. The number of hydrogen-bond acceptors (Lipinski definition) is 2. The molecule has 0 spiro atoms. The van der Waals surface area contributed by atoms with Gasteiger partial charge in [-0.15, -0.1) is 0 Å². The van der Waals surface area contributed by atoms with E-state index in [9.17, 15) is 0 Å². The quantitative estimate of drug-likeness (QED) is 0.679. The van der Waals surface area contributed by atoms with Crippen LogP contribution in [-0.4, -0.2) is 7.11 Å². The van der Waals surface area contributed by atoms with E-state index < -0.39 is 0 Å². The summed E-state index contributed by atoms with van der Waals surface area (Å²) in [7, 11) is 1.69. The molecular weight excluding hydrogens is 272 g/mol. The number of ether oxygens (including phenoxy) is 2. The smallest absolute Gasteiger partial charge is 0.128 e. The molecule has 22 heavy (non-hydrogen) atoms. The van der Waals surface area contributed by atoms with E-state index in [1.165, 1.54) is 11.1 Å². The minimum atomic E-state index is 0.598. The molecule has 0 amide bonds. The van der Waals surface area contributed by atoms with Crippen molar-refractivity contribution in [1.29, 1.82) is 0 Å². The summed E-state index contributed by atoms with van der Waals surface area (Å²) < 4.78 is 11.3. The molecule has 0 unspecified atom stereocenters. The van der Waals surface area contributed by atoms with Gasteiger partial charge in [-0.05, 0) is 52.6 Å². The van der Waals surface area contributed by atoms with E-state index in [1.54, 1.807) is 7.11 Å². The average Bonchev–Trinajstić information content (AvgIpc) is 2.61. The minimum absolute atomic E-state index is 0.598. The molecule has 2 heteroatoms. The van der Waals surface area contributed by atoms with Crippen LogP contribution < -0.4 is 9.47 Å². The second-order valence-electron chi connectivity index (χ2n) is 5.28. The standard InChI is InChI=1S/C20H15O2/c1-21-16-8-4-7-14(12-16)17-10-5-11-19-20(17)18-9-3-2-6-15(18)13-22-19/h3-12H,13H2,1H3. The molecule has 1 aliphatic rings. The second-order valence-corrected chi connectivity index (χ2v) is 5.28. The molecule has 0 saturated heterocycles. The molecule has 1 aliphatic heterocycles. The Labute approximate surface area is 129 Å². The highest BCUT2D eigenvalue weighted by Gasteiger charge is 2.20. The molecular formula is C20H15O2. The van der Waals surface area contributed by atoms with E-state index in [1.807, 2.05) is 36.4 Å². The molecule has 0 atom stereocenters. The predicted molar refractivity (Wildman–Crippen MR) is 87.0 cm³/mol. The van der Waals surface area contributed by atoms with Gasteiger partial charge in [-0.1, -0.05) is 36.4 Å². The molecule has 4 rings (SSSR count). The Morgan fingerprint density at radius 2 is 1.95 bits per heavy atom. The van der Waals surface area contributed by atoms with Gasteiger partial charge in [0.15, 0.2) is 0 Å². The summed E-state index contributed by atoms with van der Waals surface area (Å²) in [5.74, 6) is 1.78. The lowest BCUT2D eigenvalue weighted by molar-refractivity contribution is 0.302. The normalized spacial score (nSPS) is 12.0. The lowest BCUT2D eigenvalue weighted by Gasteiger charge is -2.23.